The molecule has 0 aromatic rings. The van der Waals surface area contributed by atoms with Gasteiger partial charge in [0.25, 0.3) is 0 Å². The summed E-state index contributed by atoms with van der Waals surface area (Å²) >= 11 is 0. The standard InChI is InChI=1S/C56H103O13P/c1-3-5-7-9-11-13-15-17-19-21-23-24-25-27-28-30-32-34-36-38-40-42-44-49(57)66-46-48(47-67-70(64,65)69-56-54(62)52(60)51(59)53(61)55(56)63)68-50(58)45-43-41-39-37-35-33-31-29-26-22-20-18-16-14-12-10-8-6-4-2/h12,14,18,20,26,29,48,51-56,59-63H,3-11,13,15-17,19,21-25,27-28,30-47H2,1-2H3,(H,64,65)/b14-12-,20-18-,29-26-. The van der Waals surface area contributed by atoms with Gasteiger partial charge in [0.1, 0.15) is 43.2 Å². The molecule has 1 aliphatic rings. The van der Waals surface area contributed by atoms with Crippen LogP contribution in [0.3, 0.4) is 0 Å². The Kier molecular flexibility index (Phi) is 43.1. The number of carbonyl (C=O) groups is 2. The van der Waals surface area contributed by atoms with Crippen molar-refractivity contribution in [3.63, 3.8) is 0 Å². The molecular formula is C56H103O13P. The minimum absolute atomic E-state index is 0.0840. The van der Waals surface area contributed by atoms with Crippen LogP contribution in [0.15, 0.2) is 36.5 Å². The Morgan fingerprint density at radius 1 is 0.443 bits per heavy atom. The van der Waals surface area contributed by atoms with Crippen molar-refractivity contribution >= 4 is 19.8 Å². The highest BCUT2D eigenvalue weighted by Crippen LogP contribution is 2.47. The molecule has 6 atom stereocenters. The molecule has 1 saturated carbocycles. The second-order valence-electron chi connectivity index (χ2n) is 19.8. The van der Waals surface area contributed by atoms with Gasteiger partial charge >= 0.3 is 19.8 Å². The van der Waals surface area contributed by atoms with Crippen molar-refractivity contribution in [1.29, 1.82) is 0 Å². The van der Waals surface area contributed by atoms with Crippen LogP contribution < -0.4 is 0 Å². The minimum Gasteiger partial charge on any atom is -0.462 e. The van der Waals surface area contributed by atoms with Crippen molar-refractivity contribution in [3.05, 3.63) is 36.5 Å². The van der Waals surface area contributed by atoms with Crippen molar-refractivity contribution in [2.75, 3.05) is 13.2 Å². The van der Waals surface area contributed by atoms with Crippen LogP contribution in [0.25, 0.3) is 0 Å². The maximum atomic E-state index is 12.9. The summed E-state index contributed by atoms with van der Waals surface area (Å²) in [5.74, 6) is -1.10. The van der Waals surface area contributed by atoms with Gasteiger partial charge < -0.3 is 39.9 Å². The number of phosphoric acid groups is 1. The Labute approximate surface area is 425 Å². The number of esters is 2. The van der Waals surface area contributed by atoms with Gasteiger partial charge in [-0.05, 0) is 51.4 Å². The number of hydrogen-bond acceptors (Lipinski definition) is 12. The number of unbranched alkanes of at least 4 members (excludes halogenated alkanes) is 30. The van der Waals surface area contributed by atoms with Crippen molar-refractivity contribution < 1.29 is 63.1 Å². The van der Waals surface area contributed by atoms with E-state index < -0.39 is 75.7 Å². The van der Waals surface area contributed by atoms with E-state index in [9.17, 15) is 44.6 Å². The lowest BCUT2D eigenvalue weighted by molar-refractivity contribution is -0.220. The molecule has 0 aromatic heterocycles. The number of hydrogen-bond donors (Lipinski definition) is 6. The van der Waals surface area contributed by atoms with Gasteiger partial charge in [-0.25, -0.2) is 4.57 Å². The lowest BCUT2D eigenvalue weighted by Gasteiger charge is -2.41. The van der Waals surface area contributed by atoms with Crippen LogP contribution in [0.1, 0.15) is 251 Å². The van der Waals surface area contributed by atoms with E-state index in [1.165, 1.54) is 141 Å². The fourth-order valence-electron chi connectivity index (χ4n) is 8.71. The molecule has 14 heteroatoms. The van der Waals surface area contributed by atoms with E-state index >= 15 is 0 Å². The summed E-state index contributed by atoms with van der Waals surface area (Å²) in [6, 6.07) is 0. The normalized spacial score (nSPS) is 21.0. The lowest BCUT2D eigenvalue weighted by Crippen LogP contribution is -2.64. The third-order valence-corrected chi connectivity index (χ3v) is 14.2. The Hall–Kier alpha value is -1.93. The predicted octanol–water partition coefficient (Wildman–Crippen LogP) is 12.9. The number of phosphoric ester groups is 1. The summed E-state index contributed by atoms with van der Waals surface area (Å²) in [7, 11) is -5.13. The molecule has 0 amide bonds. The number of aliphatic hydroxyl groups is 5. The SMILES string of the molecule is CCCCC/C=C\C/C=C\C/C=C\CCCCCCCCC(=O)OC(COC(=O)CCCCCCCCCCCCCCCCCCCCCCCC)COP(=O)(O)OC1C(O)C(O)C(O)C(O)C1O. The Balaban J connectivity index is 2.34. The van der Waals surface area contributed by atoms with Crippen LogP contribution >= 0.6 is 7.82 Å². The largest absolute Gasteiger partial charge is 0.472 e. The van der Waals surface area contributed by atoms with E-state index in [4.69, 9.17) is 18.5 Å². The van der Waals surface area contributed by atoms with Crippen molar-refractivity contribution in [1.82, 2.24) is 0 Å². The van der Waals surface area contributed by atoms with Gasteiger partial charge in [0.15, 0.2) is 6.10 Å². The molecule has 1 aliphatic carbocycles. The first-order valence-electron chi connectivity index (χ1n) is 28.3. The van der Waals surface area contributed by atoms with E-state index in [0.29, 0.717) is 12.8 Å². The van der Waals surface area contributed by atoms with Gasteiger partial charge in [-0.1, -0.05) is 224 Å². The van der Waals surface area contributed by atoms with Crippen molar-refractivity contribution in [2.24, 2.45) is 0 Å². The highest BCUT2D eigenvalue weighted by molar-refractivity contribution is 7.47. The van der Waals surface area contributed by atoms with Gasteiger partial charge in [-0.2, -0.15) is 0 Å². The van der Waals surface area contributed by atoms with Gasteiger partial charge in [-0.15, -0.1) is 0 Å². The van der Waals surface area contributed by atoms with Gasteiger partial charge in [-0.3, -0.25) is 18.6 Å². The number of ether oxygens (including phenoxy) is 2. The topological polar surface area (TPSA) is 210 Å². The predicted molar refractivity (Wildman–Crippen MR) is 281 cm³/mol. The van der Waals surface area contributed by atoms with E-state index in [2.05, 4.69) is 50.3 Å². The molecule has 0 heterocycles. The smallest absolute Gasteiger partial charge is 0.462 e. The Morgan fingerprint density at radius 2 is 0.771 bits per heavy atom. The van der Waals surface area contributed by atoms with Crippen LogP contribution in [-0.4, -0.2) is 98.3 Å². The fourth-order valence-corrected chi connectivity index (χ4v) is 9.68. The summed E-state index contributed by atoms with van der Waals surface area (Å²) in [6.07, 6.45) is 41.9. The molecule has 0 saturated heterocycles. The maximum Gasteiger partial charge on any atom is 0.472 e. The number of carbonyl (C=O) groups excluding carboxylic acids is 2. The molecule has 410 valence electrons. The zero-order chi connectivity index (χ0) is 51.3. The summed E-state index contributed by atoms with van der Waals surface area (Å²) in [5, 5.41) is 50.4. The Bertz CT molecular complexity index is 1360. The molecule has 6 unspecified atom stereocenters. The molecule has 0 bridgehead atoms. The van der Waals surface area contributed by atoms with Crippen LogP contribution in [0.2, 0.25) is 0 Å². The molecule has 0 spiro atoms. The van der Waals surface area contributed by atoms with E-state index in [1.807, 2.05) is 0 Å². The minimum atomic E-state index is -5.13. The van der Waals surface area contributed by atoms with E-state index in [-0.39, 0.29) is 12.8 Å². The second-order valence-corrected chi connectivity index (χ2v) is 21.2. The summed E-state index contributed by atoms with van der Waals surface area (Å²) in [6.45, 7) is 3.31. The van der Waals surface area contributed by atoms with Crippen molar-refractivity contribution in [3.8, 4) is 0 Å². The van der Waals surface area contributed by atoms with Crippen LogP contribution in [-0.2, 0) is 32.7 Å². The highest BCUT2D eigenvalue weighted by atomic mass is 31.2. The highest BCUT2D eigenvalue weighted by Gasteiger charge is 2.51. The molecule has 1 fully saturated rings. The number of rotatable bonds is 48. The molecule has 13 nitrogen and oxygen atoms in total. The Morgan fingerprint density at radius 3 is 1.20 bits per heavy atom. The maximum absolute atomic E-state index is 12.9. The molecule has 0 aromatic carbocycles. The number of aliphatic hydroxyl groups excluding tert-OH is 5. The molecule has 0 radical (unpaired) electrons. The van der Waals surface area contributed by atoms with Gasteiger partial charge in [0, 0.05) is 12.8 Å². The third-order valence-electron chi connectivity index (χ3n) is 13.2. The van der Waals surface area contributed by atoms with Crippen LogP contribution in [0, 0.1) is 0 Å². The summed E-state index contributed by atoms with van der Waals surface area (Å²) in [5.41, 5.74) is 0. The van der Waals surface area contributed by atoms with Crippen LogP contribution in [0.4, 0.5) is 0 Å². The monoisotopic (exact) mass is 1010 g/mol. The average molecular weight is 1020 g/mol. The lowest BCUT2D eigenvalue weighted by atomic mass is 9.85. The summed E-state index contributed by atoms with van der Waals surface area (Å²) in [4.78, 5) is 35.9. The zero-order valence-electron chi connectivity index (χ0n) is 44.1. The van der Waals surface area contributed by atoms with Gasteiger partial charge in [0.05, 0.1) is 6.61 Å². The summed E-state index contributed by atoms with van der Waals surface area (Å²) < 4.78 is 33.7. The van der Waals surface area contributed by atoms with Gasteiger partial charge in [0.2, 0.25) is 0 Å². The quantitative estimate of drug-likeness (QED) is 0.0145. The first-order valence-corrected chi connectivity index (χ1v) is 29.8. The van der Waals surface area contributed by atoms with E-state index in [0.717, 1.165) is 70.6 Å². The first-order chi connectivity index (χ1) is 33.9. The zero-order valence-corrected chi connectivity index (χ0v) is 45.0. The molecule has 0 aliphatic heterocycles. The van der Waals surface area contributed by atoms with E-state index in [1.54, 1.807) is 0 Å². The molecule has 70 heavy (non-hydrogen) atoms. The first kappa shape index (κ1) is 66.1. The molecule has 6 N–H and O–H groups in total. The van der Waals surface area contributed by atoms with Crippen molar-refractivity contribution in [2.45, 2.75) is 294 Å². The average Bonchev–Trinajstić information content (AvgIpc) is 3.34. The van der Waals surface area contributed by atoms with Crippen LogP contribution in [0.5, 0.6) is 0 Å². The number of allylic oxidation sites excluding steroid dienone is 6. The molecular weight excluding hydrogens is 912 g/mol. The fraction of sp³-hybridized carbons (Fsp3) is 0.857. The second kappa shape index (κ2) is 45.7. The third kappa shape index (κ3) is 36.9. The molecule has 1 rings (SSSR count).